The molecule has 2 N–H and O–H groups in total. The number of amides is 2. The van der Waals surface area contributed by atoms with Gasteiger partial charge in [-0.25, -0.2) is 14.4 Å². The molecule has 0 aromatic carbocycles. The van der Waals surface area contributed by atoms with Gasteiger partial charge in [-0.15, -0.1) is 0 Å². The molecule has 8 heteroatoms. The van der Waals surface area contributed by atoms with Gasteiger partial charge in [0.25, 0.3) is 0 Å². The standard InChI is InChI=1S/C13H20N2O6/c1-4-8-11(12(17)20-5-2)9(15-13(18)14-8)6-21-10(16)7-19-3/h8H,4-7H2,1-3H3,(H2,14,15,18)/t8-/m1/s1. The first-order valence-corrected chi connectivity index (χ1v) is 6.65. The van der Waals surface area contributed by atoms with Crippen molar-refractivity contribution in [2.75, 3.05) is 26.9 Å². The zero-order valence-corrected chi connectivity index (χ0v) is 12.4. The van der Waals surface area contributed by atoms with Gasteiger partial charge in [-0.2, -0.15) is 0 Å². The zero-order valence-electron chi connectivity index (χ0n) is 12.4. The van der Waals surface area contributed by atoms with E-state index in [4.69, 9.17) is 9.47 Å². The number of ether oxygens (including phenoxy) is 3. The van der Waals surface area contributed by atoms with Crippen molar-refractivity contribution >= 4 is 18.0 Å². The molecule has 0 aliphatic carbocycles. The third-order valence-electron chi connectivity index (χ3n) is 2.79. The van der Waals surface area contributed by atoms with E-state index in [2.05, 4.69) is 15.4 Å². The average molecular weight is 300 g/mol. The molecule has 0 fully saturated rings. The lowest BCUT2D eigenvalue weighted by Crippen LogP contribution is -2.51. The van der Waals surface area contributed by atoms with E-state index in [1.807, 2.05) is 6.92 Å². The largest absolute Gasteiger partial charge is 0.463 e. The van der Waals surface area contributed by atoms with Gasteiger partial charge >= 0.3 is 18.0 Å². The molecule has 0 bridgehead atoms. The molecule has 0 radical (unpaired) electrons. The Morgan fingerprint density at radius 3 is 2.52 bits per heavy atom. The van der Waals surface area contributed by atoms with Gasteiger partial charge in [0.05, 0.1) is 23.9 Å². The zero-order chi connectivity index (χ0) is 15.8. The first-order chi connectivity index (χ1) is 10.0. The van der Waals surface area contributed by atoms with Crippen LogP contribution in [0.4, 0.5) is 4.79 Å². The Labute approximate surface area is 122 Å². The van der Waals surface area contributed by atoms with E-state index < -0.39 is 24.0 Å². The molecule has 0 unspecified atom stereocenters. The van der Waals surface area contributed by atoms with Gasteiger partial charge in [-0.05, 0) is 13.3 Å². The van der Waals surface area contributed by atoms with Gasteiger partial charge in [0.2, 0.25) is 0 Å². The second-order valence-electron chi connectivity index (χ2n) is 4.27. The topological polar surface area (TPSA) is 103 Å². The minimum Gasteiger partial charge on any atom is -0.463 e. The third-order valence-corrected chi connectivity index (χ3v) is 2.79. The number of carbonyl (C=O) groups is 3. The summed E-state index contributed by atoms with van der Waals surface area (Å²) in [6.45, 7) is 3.30. The van der Waals surface area contributed by atoms with E-state index in [9.17, 15) is 14.4 Å². The predicted octanol–water partition coefficient (Wildman–Crippen LogP) is 0.0846. The monoisotopic (exact) mass is 300 g/mol. The minimum absolute atomic E-state index is 0.203. The van der Waals surface area contributed by atoms with Crippen molar-refractivity contribution in [1.82, 2.24) is 10.6 Å². The average Bonchev–Trinajstić information content (AvgIpc) is 2.44. The summed E-state index contributed by atoms with van der Waals surface area (Å²) in [5, 5.41) is 5.10. The van der Waals surface area contributed by atoms with E-state index in [1.54, 1.807) is 6.92 Å². The maximum absolute atomic E-state index is 12.0. The lowest BCUT2D eigenvalue weighted by Gasteiger charge is -2.28. The summed E-state index contributed by atoms with van der Waals surface area (Å²) in [7, 11) is 1.37. The van der Waals surface area contributed by atoms with E-state index in [-0.39, 0.29) is 31.1 Å². The molecule has 1 rings (SSSR count). The van der Waals surface area contributed by atoms with Gasteiger partial charge < -0.3 is 24.8 Å². The molecule has 0 aromatic heterocycles. The first kappa shape index (κ1) is 17.0. The molecule has 1 aliphatic heterocycles. The fourth-order valence-electron chi connectivity index (χ4n) is 1.89. The summed E-state index contributed by atoms with van der Waals surface area (Å²) >= 11 is 0. The van der Waals surface area contributed by atoms with Gasteiger partial charge in [0.1, 0.15) is 13.2 Å². The molecular formula is C13H20N2O6. The molecule has 0 saturated carbocycles. The third kappa shape index (κ3) is 4.75. The van der Waals surface area contributed by atoms with Crippen molar-refractivity contribution in [2.24, 2.45) is 0 Å². The van der Waals surface area contributed by atoms with E-state index in [1.165, 1.54) is 7.11 Å². The van der Waals surface area contributed by atoms with Crippen LogP contribution in [0.1, 0.15) is 20.3 Å². The predicted molar refractivity (Wildman–Crippen MR) is 72.2 cm³/mol. The summed E-state index contributed by atoms with van der Waals surface area (Å²) in [5.74, 6) is -1.14. The summed E-state index contributed by atoms with van der Waals surface area (Å²) in [6, 6.07) is -0.929. The smallest absolute Gasteiger partial charge is 0.338 e. The van der Waals surface area contributed by atoms with Gasteiger partial charge in [0, 0.05) is 7.11 Å². The van der Waals surface area contributed by atoms with Crippen molar-refractivity contribution in [3.8, 4) is 0 Å². The Hall–Kier alpha value is -2.09. The van der Waals surface area contributed by atoms with E-state index in [0.717, 1.165) is 0 Å². The molecule has 21 heavy (non-hydrogen) atoms. The number of esters is 2. The second-order valence-corrected chi connectivity index (χ2v) is 4.27. The summed E-state index contributed by atoms with van der Waals surface area (Å²) in [4.78, 5) is 34.9. The molecular weight excluding hydrogens is 280 g/mol. The van der Waals surface area contributed by atoms with Crippen LogP contribution in [-0.4, -0.2) is 50.9 Å². The number of methoxy groups -OCH3 is 1. The van der Waals surface area contributed by atoms with Crippen molar-refractivity contribution in [2.45, 2.75) is 26.3 Å². The summed E-state index contributed by atoms with van der Waals surface area (Å²) in [6.07, 6.45) is 0.511. The molecule has 2 amide bonds. The number of nitrogens with one attached hydrogen (secondary N) is 2. The minimum atomic E-state index is -0.589. The normalized spacial score (nSPS) is 17.9. The first-order valence-electron chi connectivity index (χ1n) is 6.65. The van der Waals surface area contributed by atoms with Crippen LogP contribution in [0, 0.1) is 0 Å². The molecule has 8 nitrogen and oxygen atoms in total. The van der Waals surface area contributed by atoms with Gasteiger partial charge in [0.15, 0.2) is 0 Å². The molecule has 0 aromatic rings. The Balaban J connectivity index is 2.94. The molecule has 1 heterocycles. The molecule has 1 aliphatic rings. The Morgan fingerprint density at radius 1 is 1.24 bits per heavy atom. The maximum atomic E-state index is 12.0. The van der Waals surface area contributed by atoms with Crippen LogP contribution in [0.3, 0.4) is 0 Å². The number of urea groups is 1. The maximum Gasteiger partial charge on any atom is 0.338 e. The lowest BCUT2D eigenvalue weighted by atomic mass is 10.0. The summed E-state index contributed by atoms with van der Waals surface area (Å²) in [5.41, 5.74) is 0.498. The number of hydrogen-bond donors (Lipinski definition) is 2. The van der Waals surface area contributed by atoms with Gasteiger partial charge in [-0.1, -0.05) is 6.92 Å². The number of rotatable bonds is 7. The van der Waals surface area contributed by atoms with Gasteiger partial charge in [-0.3, -0.25) is 0 Å². The molecule has 1 atom stereocenters. The summed E-state index contributed by atoms with van der Waals surface area (Å²) < 4.78 is 14.6. The molecule has 0 spiro atoms. The van der Waals surface area contributed by atoms with Crippen molar-refractivity contribution < 1.29 is 28.6 Å². The highest BCUT2D eigenvalue weighted by atomic mass is 16.6. The quantitative estimate of drug-likeness (QED) is 0.646. The highest BCUT2D eigenvalue weighted by molar-refractivity contribution is 5.94. The Morgan fingerprint density at radius 2 is 1.95 bits per heavy atom. The van der Waals surface area contributed by atoms with Crippen LogP contribution >= 0.6 is 0 Å². The lowest BCUT2D eigenvalue weighted by molar-refractivity contribution is -0.147. The van der Waals surface area contributed by atoms with Crippen molar-refractivity contribution in [3.05, 3.63) is 11.3 Å². The molecule has 0 saturated heterocycles. The van der Waals surface area contributed by atoms with Crippen LogP contribution in [0.15, 0.2) is 11.3 Å². The van der Waals surface area contributed by atoms with E-state index >= 15 is 0 Å². The van der Waals surface area contributed by atoms with E-state index in [0.29, 0.717) is 6.42 Å². The molecule has 118 valence electrons. The number of hydrogen-bond acceptors (Lipinski definition) is 6. The van der Waals surface area contributed by atoms with Crippen LogP contribution in [0.25, 0.3) is 0 Å². The highest BCUT2D eigenvalue weighted by Crippen LogP contribution is 2.17. The van der Waals surface area contributed by atoms with Crippen LogP contribution in [-0.2, 0) is 23.8 Å². The van der Waals surface area contributed by atoms with Crippen molar-refractivity contribution in [1.29, 1.82) is 0 Å². The van der Waals surface area contributed by atoms with Crippen molar-refractivity contribution in [3.63, 3.8) is 0 Å². The van der Waals surface area contributed by atoms with Crippen LogP contribution in [0.5, 0.6) is 0 Å². The second kappa shape index (κ2) is 8.25. The SMILES string of the molecule is CCOC(=O)C1=C(COC(=O)COC)NC(=O)N[C@@H]1CC. The Kier molecular flexibility index (Phi) is 6.67. The fourth-order valence-corrected chi connectivity index (χ4v) is 1.89. The van der Waals surface area contributed by atoms with Crippen LogP contribution < -0.4 is 10.6 Å². The van der Waals surface area contributed by atoms with Crippen LogP contribution in [0.2, 0.25) is 0 Å². The highest BCUT2D eigenvalue weighted by Gasteiger charge is 2.31. The fraction of sp³-hybridized carbons (Fsp3) is 0.615. The Bertz CT molecular complexity index is 446. The number of carbonyl (C=O) groups excluding carboxylic acids is 3.